The molecule has 0 aromatic rings. The summed E-state index contributed by atoms with van der Waals surface area (Å²) in [7, 11) is 0. The fourth-order valence-electron chi connectivity index (χ4n) is 1.75. The standard InChI is InChI=1S/C11H20N2O3/c1-3-5-12-7-8-13(6-4-9(2)14)11(16)10(12)15/h9,14H,3-8H2,1-2H3. The Kier molecular flexibility index (Phi) is 4.73. The quantitative estimate of drug-likeness (QED) is 0.665. The Labute approximate surface area is 96.0 Å². The van der Waals surface area contributed by atoms with Crippen molar-refractivity contribution >= 4 is 11.8 Å². The Morgan fingerprint density at radius 1 is 1.19 bits per heavy atom. The molecule has 1 atom stereocenters. The first-order chi connectivity index (χ1) is 7.56. The van der Waals surface area contributed by atoms with E-state index in [1.807, 2.05) is 6.92 Å². The van der Waals surface area contributed by atoms with Crippen LogP contribution >= 0.6 is 0 Å². The highest BCUT2D eigenvalue weighted by molar-refractivity contribution is 6.35. The minimum atomic E-state index is -0.434. The van der Waals surface area contributed by atoms with Gasteiger partial charge in [0.15, 0.2) is 0 Å². The van der Waals surface area contributed by atoms with Crippen LogP contribution in [0.3, 0.4) is 0 Å². The Hall–Kier alpha value is -1.10. The van der Waals surface area contributed by atoms with Crippen molar-refractivity contribution in [2.75, 3.05) is 26.2 Å². The molecule has 1 aliphatic rings. The molecule has 0 aromatic heterocycles. The first kappa shape index (κ1) is 13.0. The van der Waals surface area contributed by atoms with Gasteiger partial charge in [0.25, 0.3) is 0 Å². The summed E-state index contributed by atoms with van der Waals surface area (Å²) in [4.78, 5) is 26.4. The van der Waals surface area contributed by atoms with Crippen molar-refractivity contribution in [3.8, 4) is 0 Å². The molecule has 0 bridgehead atoms. The van der Waals surface area contributed by atoms with Crippen molar-refractivity contribution in [2.24, 2.45) is 0 Å². The molecule has 1 saturated heterocycles. The lowest BCUT2D eigenvalue weighted by atomic mass is 10.2. The molecule has 0 aromatic carbocycles. The Bertz CT molecular complexity index is 266. The maximum atomic E-state index is 11.7. The average Bonchev–Trinajstić information content (AvgIpc) is 2.24. The van der Waals surface area contributed by atoms with Crippen LogP contribution in [0.1, 0.15) is 26.7 Å². The fraction of sp³-hybridized carbons (Fsp3) is 0.818. The molecule has 2 amide bonds. The Morgan fingerprint density at radius 2 is 1.69 bits per heavy atom. The number of hydrogen-bond acceptors (Lipinski definition) is 3. The van der Waals surface area contributed by atoms with Gasteiger partial charge in [-0.15, -0.1) is 0 Å². The predicted octanol–water partition coefficient (Wildman–Crippen LogP) is -0.162. The van der Waals surface area contributed by atoms with Gasteiger partial charge in [-0.3, -0.25) is 9.59 Å². The second-order valence-corrected chi connectivity index (χ2v) is 4.22. The molecule has 1 N–H and O–H groups in total. The molecule has 92 valence electrons. The van der Waals surface area contributed by atoms with Gasteiger partial charge in [-0.1, -0.05) is 6.92 Å². The van der Waals surface area contributed by atoms with E-state index in [9.17, 15) is 9.59 Å². The van der Waals surface area contributed by atoms with Crippen molar-refractivity contribution in [3.05, 3.63) is 0 Å². The molecule has 0 spiro atoms. The van der Waals surface area contributed by atoms with Gasteiger partial charge in [0.05, 0.1) is 6.10 Å². The highest BCUT2D eigenvalue weighted by Gasteiger charge is 2.31. The van der Waals surface area contributed by atoms with Crippen LogP contribution in [0.4, 0.5) is 0 Å². The predicted molar refractivity (Wildman–Crippen MR) is 59.7 cm³/mol. The van der Waals surface area contributed by atoms with Crippen LogP contribution in [-0.4, -0.2) is 59.0 Å². The van der Waals surface area contributed by atoms with Gasteiger partial charge in [-0.2, -0.15) is 0 Å². The topological polar surface area (TPSA) is 60.9 Å². The lowest BCUT2D eigenvalue weighted by Gasteiger charge is -2.33. The monoisotopic (exact) mass is 228 g/mol. The molecule has 0 radical (unpaired) electrons. The SMILES string of the molecule is CCCN1CCN(CCC(C)O)C(=O)C1=O. The summed E-state index contributed by atoms with van der Waals surface area (Å²) in [5.41, 5.74) is 0. The molecule has 5 heteroatoms. The third kappa shape index (κ3) is 3.20. The van der Waals surface area contributed by atoms with E-state index in [1.54, 1.807) is 11.8 Å². The number of carbonyl (C=O) groups excluding carboxylic acids is 2. The minimum Gasteiger partial charge on any atom is -0.393 e. The lowest BCUT2D eigenvalue weighted by Crippen LogP contribution is -2.54. The van der Waals surface area contributed by atoms with E-state index in [2.05, 4.69) is 0 Å². The van der Waals surface area contributed by atoms with Crippen LogP contribution in [0.25, 0.3) is 0 Å². The highest BCUT2D eigenvalue weighted by atomic mass is 16.3. The first-order valence-electron chi connectivity index (χ1n) is 5.82. The molecule has 1 aliphatic heterocycles. The number of piperazine rings is 1. The summed E-state index contributed by atoms with van der Waals surface area (Å²) in [6.07, 6.45) is 0.955. The van der Waals surface area contributed by atoms with Gasteiger partial charge >= 0.3 is 11.8 Å². The Morgan fingerprint density at radius 3 is 2.12 bits per heavy atom. The maximum absolute atomic E-state index is 11.7. The number of aliphatic hydroxyl groups is 1. The Balaban J connectivity index is 2.48. The van der Waals surface area contributed by atoms with Crippen molar-refractivity contribution in [1.82, 2.24) is 9.80 Å². The van der Waals surface area contributed by atoms with Crippen LogP contribution in [-0.2, 0) is 9.59 Å². The van der Waals surface area contributed by atoms with E-state index in [1.165, 1.54) is 4.90 Å². The largest absolute Gasteiger partial charge is 0.393 e. The number of hydrogen-bond donors (Lipinski definition) is 1. The molecule has 1 fully saturated rings. The van der Waals surface area contributed by atoms with Crippen molar-refractivity contribution in [3.63, 3.8) is 0 Å². The summed E-state index contributed by atoms with van der Waals surface area (Å²) >= 11 is 0. The fourth-order valence-corrected chi connectivity index (χ4v) is 1.75. The van der Waals surface area contributed by atoms with Crippen LogP contribution in [0.5, 0.6) is 0 Å². The van der Waals surface area contributed by atoms with Crippen LogP contribution in [0, 0.1) is 0 Å². The molecule has 1 heterocycles. The van der Waals surface area contributed by atoms with Crippen LogP contribution < -0.4 is 0 Å². The van der Waals surface area contributed by atoms with Crippen LogP contribution in [0.2, 0.25) is 0 Å². The summed E-state index contributed by atoms with van der Waals surface area (Å²) in [5, 5.41) is 9.14. The first-order valence-corrected chi connectivity index (χ1v) is 5.82. The second kappa shape index (κ2) is 5.84. The molecule has 16 heavy (non-hydrogen) atoms. The van der Waals surface area contributed by atoms with Crippen LogP contribution in [0.15, 0.2) is 0 Å². The van der Waals surface area contributed by atoms with E-state index < -0.39 is 17.9 Å². The highest BCUT2D eigenvalue weighted by Crippen LogP contribution is 2.07. The third-order valence-corrected chi connectivity index (χ3v) is 2.71. The molecular weight excluding hydrogens is 208 g/mol. The maximum Gasteiger partial charge on any atom is 0.312 e. The van der Waals surface area contributed by atoms with Crippen molar-refractivity contribution < 1.29 is 14.7 Å². The zero-order valence-electron chi connectivity index (χ0n) is 9.98. The second-order valence-electron chi connectivity index (χ2n) is 4.22. The third-order valence-electron chi connectivity index (χ3n) is 2.71. The number of carbonyl (C=O) groups is 2. The molecule has 0 saturated carbocycles. The van der Waals surface area contributed by atoms with Gasteiger partial charge < -0.3 is 14.9 Å². The summed E-state index contributed by atoms with van der Waals surface area (Å²) < 4.78 is 0. The summed E-state index contributed by atoms with van der Waals surface area (Å²) in [6, 6.07) is 0. The van der Waals surface area contributed by atoms with E-state index >= 15 is 0 Å². The molecule has 0 aliphatic carbocycles. The summed E-state index contributed by atoms with van der Waals surface area (Å²) in [5.74, 6) is -0.834. The molecule has 1 unspecified atom stereocenters. The normalized spacial score (nSPS) is 19.2. The number of rotatable bonds is 5. The zero-order chi connectivity index (χ0) is 12.1. The summed E-state index contributed by atoms with van der Waals surface area (Å²) in [6.45, 7) is 5.96. The van der Waals surface area contributed by atoms with Gasteiger partial charge in [0.1, 0.15) is 0 Å². The molecular formula is C11H20N2O3. The number of aliphatic hydroxyl groups excluding tert-OH is 1. The van der Waals surface area contributed by atoms with E-state index in [0.29, 0.717) is 32.6 Å². The van der Waals surface area contributed by atoms with Crippen molar-refractivity contribution in [2.45, 2.75) is 32.8 Å². The van der Waals surface area contributed by atoms with Gasteiger partial charge in [0.2, 0.25) is 0 Å². The van der Waals surface area contributed by atoms with Gasteiger partial charge in [-0.25, -0.2) is 0 Å². The number of nitrogens with zero attached hydrogens (tertiary/aromatic N) is 2. The van der Waals surface area contributed by atoms with Gasteiger partial charge in [0, 0.05) is 26.2 Å². The zero-order valence-corrected chi connectivity index (χ0v) is 9.98. The molecule has 5 nitrogen and oxygen atoms in total. The minimum absolute atomic E-state index is 0.404. The smallest absolute Gasteiger partial charge is 0.312 e. The average molecular weight is 228 g/mol. The van der Waals surface area contributed by atoms with E-state index in [-0.39, 0.29) is 0 Å². The molecule has 1 rings (SSSR count). The number of amides is 2. The van der Waals surface area contributed by atoms with E-state index in [0.717, 1.165) is 6.42 Å². The van der Waals surface area contributed by atoms with Gasteiger partial charge in [-0.05, 0) is 19.8 Å². The van der Waals surface area contributed by atoms with E-state index in [4.69, 9.17) is 5.11 Å². The lowest BCUT2D eigenvalue weighted by molar-refractivity contribution is -0.156. The van der Waals surface area contributed by atoms with Crippen molar-refractivity contribution in [1.29, 1.82) is 0 Å².